The molecule has 0 spiro atoms. The number of halogens is 1. The van der Waals surface area contributed by atoms with Gasteiger partial charge in [-0.2, -0.15) is 0 Å². The number of hydrogen-bond donors (Lipinski definition) is 1. The van der Waals surface area contributed by atoms with Crippen molar-refractivity contribution in [2.75, 3.05) is 26.2 Å². The van der Waals surface area contributed by atoms with E-state index < -0.39 is 0 Å². The van der Waals surface area contributed by atoms with E-state index in [2.05, 4.69) is 19.2 Å². The van der Waals surface area contributed by atoms with Gasteiger partial charge < -0.3 is 15.0 Å². The van der Waals surface area contributed by atoms with Crippen LogP contribution in [0.25, 0.3) is 0 Å². The summed E-state index contributed by atoms with van der Waals surface area (Å²) in [5.74, 6) is 0.782. The minimum Gasteiger partial charge on any atom is -0.483 e. The van der Waals surface area contributed by atoms with Crippen LogP contribution in [0.5, 0.6) is 5.75 Å². The molecule has 1 atom stereocenters. The molecule has 1 unspecified atom stereocenters. The van der Waals surface area contributed by atoms with Gasteiger partial charge in [0.05, 0.1) is 0 Å². The standard InChI is InChI=1S/C16H23ClN2O2/c1-3-18-12(2)14-10-13(17)6-7-15(14)21-11-16(20)19-8-4-5-9-19/h6-7,10,12,18H,3-5,8-9,11H2,1-2H3. The molecule has 0 radical (unpaired) electrons. The van der Waals surface area contributed by atoms with Crippen LogP contribution in [0.1, 0.15) is 38.3 Å². The van der Waals surface area contributed by atoms with Gasteiger partial charge in [0, 0.05) is 29.7 Å². The lowest BCUT2D eigenvalue weighted by atomic mass is 10.1. The van der Waals surface area contributed by atoms with Crippen molar-refractivity contribution in [3.8, 4) is 5.75 Å². The average molecular weight is 311 g/mol. The minimum atomic E-state index is 0.0597. The monoisotopic (exact) mass is 310 g/mol. The summed E-state index contributed by atoms with van der Waals surface area (Å²) in [5.41, 5.74) is 0.985. The Kier molecular flexibility index (Phi) is 5.88. The maximum atomic E-state index is 12.1. The highest BCUT2D eigenvalue weighted by Crippen LogP contribution is 2.28. The summed E-state index contributed by atoms with van der Waals surface area (Å²) in [6.07, 6.45) is 2.19. The van der Waals surface area contributed by atoms with Gasteiger partial charge in [-0.05, 0) is 44.5 Å². The second-order valence-electron chi connectivity index (χ2n) is 5.34. The van der Waals surface area contributed by atoms with Crippen LogP contribution >= 0.6 is 11.6 Å². The van der Waals surface area contributed by atoms with E-state index >= 15 is 0 Å². The first-order chi connectivity index (χ1) is 10.1. The Morgan fingerprint density at radius 3 is 2.81 bits per heavy atom. The number of benzene rings is 1. The molecule has 0 saturated carbocycles. The molecule has 1 aliphatic rings. The smallest absolute Gasteiger partial charge is 0.260 e. The molecule has 4 nitrogen and oxygen atoms in total. The quantitative estimate of drug-likeness (QED) is 0.878. The van der Waals surface area contributed by atoms with Crippen molar-refractivity contribution in [1.29, 1.82) is 0 Å². The number of amides is 1. The third-order valence-corrected chi connectivity index (χ3v) is 3.99. The normalized spacial score (nSPS) is 16.0. The summed E-state index contributed by atoms with van der Waals surface area (Å²) < 4.78 is 5.74. The summed E-state index contributed by atoms with van der Waals surface area (Å²) in [4.78, 5) is 13.9. The first kappa shape index (κ1) is 16.1. The third-order valence-electron chi connectivity index (χ3n) is 3.76. The van der Waals surface area contributed by atoms with Gasteiger partial charge in [0.25, 0.3) is 5.91 Å². The first-order valence-electron chi connectivity index (χ1n) is 7.55. The predicted molar refractivity (Wildman–Crippen MR) is 84.9 cm³/mol. The lowest BCUT2D eigenvalue weighted by Gasteiger charge is -2.20. The van der Waals surface area contributed by atoms with Gasteiger partial charge >= 0.3 is 0 Å². The van der Waals surface area contributed by atoms with E-state index in [1.807, 2.05) is 17.0 Å². The lowest BCUT2D eigenvalue weighted by Crippen LogP contribution is -2.32. The molecule has 0 bridgehead atoms. The average Bonchev–Trinajstić information content (AvgIpc) is 3.00. The van der Waals surface area contributed by atoms with Crippen LogP contribution in [0.15, 0.2) is 18.2 Å². The summed E-state index contributed by atoms with van der Waals surface area (Å²) in [6.45, 7) is 6.77. The topological polar surface area (TPSA) is 41.6 Å². The largest absolute Gasteiger partial charge is 0.483 e. The van der Waals surface area contributed by atoms with Gasteiger partial charge in [-0.3, -0.25) is 4.79 Å². The first-order valence-corrected chi connectivity index (χ1v) is 7.93. The van der Waals surface area contributed by atoms with Gasteiger partial charge in [-0.25, -0.2) is 0 Å². The summed E-state index contributed by atoms with van der Waals surface area (Å²) in [5, 5.41) is 4.01. The van der Waals surface area contributed by atoms with Crippen LogP contribution in [0.4, 0.5) is 0 Å². The number of hydrogen-bond acceptors (Lipinski definition) is 3. The molecule has 0 aliphatic carbocycles. The van der Waals surface area contributed by atoms with E-state index in [-0.39, 0.29) is 18.6 Å². The predicted octanol–water partition coefficient (Wildman–Crippen LogP) is 3.01. The molecule has 116 valence electrons. The van der Waals surface area contributed by atoms with E-state index in [9.17, 15) is 4.79 Å². The Bertz CT molecular complexity index is 487. The molecule has 1 fully saturated rings. The molecular formula is C16H23ClN2O2. The lowest BCUT2D eigenvalue weighted by molar-refractivity contribution is -0.132. The second kappa shape index (κ2) is 7.66. The van der Waals surface area contributed by atoms with Crippen LogP contribution in [0.3, 0.4) is 0 Å². The van der Waals surface area contributed by atoms with Crippen LogP contribution in [-0.4, -0.2) is 37.0 Å². The highest BCUT2D eigenvalue weighted by molar-refractivity contribution is 6.30. The van der Waals surface area contributed by atoms with Crippen LogP contribution in [0, 0.1) is 0 Å². The molecule has 1 saturated heterocycles. The Hall–Kier alpha value is -1.26. The SMILES string of the molecule is CCNC(C)c1cc(Cl)ccc1OCC(=O)N1CCCC1. The van der Waals surface area contributed by atoms with E-state index in [1.165, 1.54) is 0 Å². The molecule has 1 heterocycles. The maximum Gasteiger partial charge on any atom is 0.260 e. The zero-order chi connectivity index (χ0) is 15.2. The number of ether oxygens (including phenoxy) is 1. The maximum absolute atomic E-state index is 12.1. The van der Waals surface area contributed by atoms with Crippen LogP contribution < -0.4 is 10.1 Å². The van der Waals surface area contributed by atoms with E-state index in [0.29, 0.717) is 5.02 Å². The Morgan fingerprint density at radius 2 is 2.14 bits per heavy atom. The number of rotatable bonds is 6. The highest BCUT2D eigenvalue weighted by Gasteiger charge is 2.19. The molecule has 21 heavy (non-hydrogen) atoms. The highest BCUT2D eigenvalue weighted by atomic mass is 35.5. The molecule has 2 rings (SSSR count). The van der Waals surface area contributed by atoms with E-state index in [1.54, 1.807) is 6.07 Å². The number of carbonyl (C=O) groups is 1. The van der Waals surface area contributed by atoms with E-state index in [4.69, 9.17) is 16.3 Å². The summed E-state index contributed by atoms with van der Waals surface area (Å²) in [7, 11) is 0. The van der Waals surface area contributed by atoms with Gasteiger partial charge in [-0.15, -0.1) is 0 Å². The fourth-order valence-corrected chi connectivity index (χ4v) is 2.78. The van der Waals surface area contributed by atoms with Crippen molar-refractivity contribution in [2.45, 2.75) is 32.7 Å². The van der Waals surface area contributed by atoms with Gasteiger partial charge in [0.2, 0.25) is 0 Å². The number of likely N-dealkylation sites (tertiary alicyclic amines) is 1. The molecule has 1 N–H and O–H groups in total. The second-order valence-corrected chi connectivity index (χ2v) is 5.77. The molecular weight excluding hydrogens is 288 g/mol. The summed E-state index contributed by atoms with van der Waals surface area (Å²) >= 11 is 6.07. The van der Waals surface area contributed by atoms with Crippen molar-refractivity contribution < 1.29 is 9.53 Å². The van der Waals surface area contributed by atoms with Crippen molar-refractivity contribution >= 4 is 17.5 Å². The van der Waals surface area contributed by atoms with Gasteiger partial charge in [0.15, 0.2) is 6.61 Å². The van der Waals surface area contributed by atoms with Crippen LogP contribution in [-0.2, 0) is 4.79 Å². The number of nitrogens with one attached hydrogen (secondary N) is 1. The Balaban J connectivity index is 2.03. The van der Waals surface area contributed by atoms with Crippen molar-refractivity contribution in [3.05, 3.63) is 28.8 Å². The molecule has 1 amide bonds. The van der Waals surface area contributed by atoms with E-state index in [0.717, 1.165) is 43.8 Å². The van der Waals surface area contributed by atoms with Crippen LogP contribution in [0.2, 0.25) is 5.02 Å². The summed E-state index contributed by atoms with van der Waals surface area (Å²) in [6, 6.07) is 5.65. The fraction of sp³-hybridized carbons (Fsp3) is 0.562. The zero-order valence-corrected chi connectivity index (χ0v) is 13.4. The van der Waals surface area contributed by atoms with Crippen molar-refractivity contribution in [3.63, 3.8) is 0 Å². The molecule has 0 aromatic heterocycles. The third kappa shape index (κ3) is 4.35. The number of carbonyl (C=O) groups excluding carboxylic acids is 1. The minimum absolute atomic E-state index is 0.0597. The van der Waals surface area contributed by atoms with Crippen molar-refractivity contribution in [2.24, 2.45) is 0 Å². The zero-order valence-electron chi connectivity index (χ0n) is 12.7. The number of nitrogens with zero attached hydrogens (tertiary/aromatic N) is 1. The Labute approximate surface area is 131 Å². The molecule has 1 aromatic rings. The molecule has 1 aromatic carbocycles. The van der Waals surface area contributed by atoms with Crippen molar-refractivity contribution in [1.82, 2.24) is 10.2 Å². The Morgan fingerprint density at radius 1 is 1.43 bits per heavy atom. The fourth-order valence-electron chi connectivity index (χ4n) is 2.60. The molecule has 1 aliphatic heterocycles. The van der Waals surface area contributed by atoms with Gasteiger partial charge in [0.1, 0.15) is 5.75 Å². The van der Waals surface area contributed by atoms with Gasteiger partial charge in [-0.1, -0.05) is 18.5 Å². The molecule has 5 heteroatoms.